The number of rotatable bonds is 4. The van der Waals surface area contributed by atoms with Gasteiger partial charge in [0.05, 0.1) is 5.39 Å². The van der Waals surface area contributed by atoms with Crippen LogP contribution in [0.5, 0.6) is 0 Å². The molecule has 0 fully saturated rings. The van der Waals surface area contributed by atoms with E-state index < -0.39 is 0 Å². The zero-order chi connectivity index (χ0) is 21.2. The average Bonchev–Trinajstić information content (AvgIpc) is 2.83. The molecule has 0 spiro atoms. The Morgan fingerprint density at radius 1 is 0.645 bits per heavy atom. The molecule has 5 rings (SSSR count). The maximum atomic E-state index is 12.9. The van der Waals surface area contributed by atoms with E-state index in [0.717, 1.165) is 22.1 Å². The normalized spacial score (nSPS) is 12.0. The van der Waals surface area contributed by atoms with Gasteiger partial charge in [0.25, 0.3) is 0 Å². The maximum Gasteiger partial charge on any atom is 0.344 e. The Morgan fingerprint density at radius 2 is 1.23 bits per heavy atom. The van der Waals surface area contributed by atoms with Crippen LogP contribution in [0, 0.1) is 3.57 Å². The van der Waals surface area contributed by atoms with E-state index in [1.807, 2.05) is 60.7 Å². The van der Waals surface area contributed by atoms with Crippen molar-refractivity contribution in [2.75, 3.05) is 0 Å². The number of halogens is 1. The summed E-state index contributed by atoms with van der Waals surface area (Å²) in [5, 5.41) is 1.52. The van der Waals surface area contributed by atoms with Gasteiger partial charge in [-0.2, -0.15) is 0 Å². The van der Waals surface area contributed by atoms with Crippen molar-refractivity contribution >= 4 is 33.4 Å². The van der Waals surface area contributed by atoms with Gasteiger partial charge in [-0.15, -0.1) is 0 Å². The number of fused-ring (bicyclic) bond motifs is 1. The summed E-state index contributed by atoms with van der Waals surface area (Å²) in [7, 11) is 0. The quantitative estimate of drug-likeness (QED) is 0.237. The summed E-state index contributed by atoms with van der Waals surface area (Å²) in [6.45, 7) is 0. The lowest BCUT2D eigenvalue weighted by Gasteiger charge is -2.24. The van der Waals surface area contributed by atoms with Crippen LogP contribution in [-0.2, 0) is 0 Å². The Bertz CT molecular complexity index is 1410. The fraction of sp³-hybridized carbons (Fsp3) is 0.0357. The van der Waals surface area contributed by atoms with Gasteiger partial charge < -0.3 is 4.42 Å². The molecule has 4 aromatic carbocycles. The second-order valence-electron chi connectivity index (χ2n) is 7.41. The van der Waals surface area contributed by atoms with Crippen LogP contribution in [0.1, 0.15) is 22.6 Å². The highest BCUT2D eigenvalue weighted by atomic mass is 127. The lowest BCUT2D eigenvalue weighted by Crippen LogP contribution is -2.12. The van der Waals surface area contributed by atoms with Crippen LogP contribution in [0.4, 0.5) is 0 Å². The molecule has 1 atom stereocenters. The molecule has 0 aliphatic carbocycles. The van der Waals surface area contributed by atoms with Crippen LogP contribution in [-0.4, -0.2) is 0 Å². The topological polar surface area (TPSA) is 30.2 Å². The Labute approximate surface area is 194 Å². The molecule has 1 aromatic heterocycles. The van der Waals surface area contributed by atoms with Crippen molar-refractivity contribution in [3.63, 3.8) is 0 Å². The molecule has 0 radical (unpaired) electrons. The first kappa shape index (κ1) is 19.8. The van der Waals surface area contributed by atoms with Crippen molar-refractivity contribution < 1.29 is 4.42 Å². The highest BCUT2D eigenvalue weighted by molar-refractivity contribution is 14.1. The molecule has 0 aliphatic heterocycles. The first-order chi connectivity index (χ1) is 15.2. The molecule has 2 nitrogen and oxygen atoms in total. The smallest absolute Gasteiger partial charge is 0.344 e. The fourth-order valence-electron chi connectivity index (χ4n) is 4.17. The molecule has 0 aliphatic rings. The molecule has 0 saturated heterocycles. The first-order valence-electron chi connectivity index (χ1n) is 10.1. The lowest BCUT2D eigenvalue weighted by atomic mass is 9.81. The Hall–Kier alpha value is -3.18. The van der Waals surface area contributed by atoms with E-state index in [0.29, 0.717) is 11.1 Å². The zero-order valence-electron chi connectivity index (χ0n) is 16.7. The van der Waals surface area contributed by atoms with Gasteiger partial charge in [-0.1, -0.05) is 97.1 Å². The van der Waals surface area contributed by atoms with Crippen molar-refractivity contribution in [3.05, 3.63) is 140 Å². The SMILES string of the molecule is O=c1oc(-c2ccccc2)c(C(c2ccccc2)c2ccccc2I)c2ccccc12. The van der Waals surface area contributed by atoms with Crippen LogP contribution < -0.4 is 5.63 Å². The van der Waals surface area contributed by atoms with Crippen LogP contribution in [0.15, 0.2) is 118 Å². The van der Waals surface area contributed by atoms with E-state index in [4.69, 9.17) is 4.42 Å². The van der Waals surface area contributed by atoms with Gasteiger partial charge in [-0.25, -0.2) is 4.79 Å². The van der Waals surface area contributed by atoms with Crippen molar-refractivity contribution in [1.29, 1.82) is 0 Å². The summed E-state index contributed by atoms with van der Waals surface area (Å²) in [6, 6.07) is 36.5. The van der Waals surface area contributed by atoms with Crippen LogP contribution in [0.3, 0.4) is 0 Å². The lowest BCUT2D eigenvalue weighted by molar-refractivity contribution is 0.528. The van der Waals surface area contributed by atoms with Gasteiger partial charge in [-0.3, -0.25) is 0 Å². The minimum absolute atomic E-state index is 0.0845. The summed E-state index contributed by atoms with van der Waals surface area (Å²) in [5.41, 5.74) is 3.94. The second-order valence-corrected chi connectivity index (χ2v) is 8.57. The third-order valence-corrected chi connectivity index (χ3v) is 6.53. The number of benzene rings is 4. The molecule has 0 N–H and O–H groups in total. The standard InChI is InChI=1S/C28H19IO2/c29-24-18-10-9-17-23(24)25(19-11-3-1-4-12-19)26-21-15-7-8-16-22(21)28(30)31-27(26)20-13-5-2-6-14-20/h1-18,25H. The summed E-state index contributed by atoms with van der Waals surface area (Å²) < 4.78 is 7.18. The minimum Gasteiger partial charge on any atom is -0.422 e. The zero-order valence-corrected chi connectivity index (χ0v) is 18.8. The monoisotopic (exact) mass is 514 g/mol. The van der Waals surface area contributed by atoms with E-state index in [9.17, 15) is 4.79 Å². The Morgan fingerprint density at radius 3 is 1.94 bits per heavy atom. The van der Waals surface area contributed by atoms with E-state index in [1.165, 1.54) is 9.13 Å². The van der Waals surface area contributed by atoms with Crippen LogP contribution >= 0.6 is 22.6 Å². The molecule has 1 heterocycles. The Balaban J connectivity index is 1.94. The molecule has 0 amide bonds. The number of hydrogen-bond donors (Lipinski definition) is 0. The van der Waals surface area contributed by atoms with Gasteiger partial charge in [0, 0.05) is 20.6 Å². The van der Waals surface area contributed by atoms with E-state index in [2.05, 4.69) is 71.1 Å². The average molecular weight is 514 g/mol. The summed E-state index contributed by atoms with van der Waals surface area (Å²) in [4.78, 5) is 12.9. The predicted octanol–water partition coefficient (Wildman–Crippen LogP) is 7.24. The van der Waals surface area contributed by atoms with Crippen LogP contribution in [0.25, 0.3) is 22.1 Å². The fourth-order valence-corrected chi connectivity index (χ4v) is 4.87. The van der Waals surface area contributed by atoms with Gasteiger partial charge in [-0.05, 0) is 51.2 Å². The molecular weight excluding hydrogens is 495 g/mol. The maximum absolute atomic E-state index is 12.9. The number of hydrogen-bond acceptors (Lipinski definition) is 2. The summed E-state index contributed by atoms with van der Waals surface area (Å²) in [6.07, 6.45) is 0. The summed E-state index contributed by atoms with van der Waals surface area (Å²) >= 11 is 2.39. The molecule has 3 heteroatoms. The molecule has 0 bridgehead atoms. The van der Waals surface area contributed by atoms with Gasteiger partial charge in [0.1, 0.15) is 5.76 Å². The van der Waals surface area contributed by atoms with Crippen molar-refractivity contribution in [1.82, 2.24) is 0 Å². The van der Waals surface area contributed by atoms with Crippen molar-refractivity contribution in [3.8, 4) is 11.3 Å². The highest BCUT2D eigenvalue weighted by Gasteiger charge is 2.27. The highest BCUT2D eigenvalue weighted by Crippen LogP contribution is 2.42. The first-order valence-corrected chi connectivity index (χ1v) is 11.2. The van der Waals surface area contributed by atoms with Gasteiger partial charge in [0.15, 0.2) is 0 Å². The largest absolute Gasteiger partial charge is 0.422 e. The van der Waals surface area contributed by atoms with Crippen LogP contribution in [0.2, 0.25) is 0 Å². The molecule has 5 aromatic rings. The molecule has 31 heavy (non-hydrogen) atoms. The van der Waals surface area contributed by atoms with Crippen molar-refractivity contribution in [2.45, 2.75) is 5.92 Å². The molecule has 0 saturated carbocycles. The van der Waals surface area contributed by atoms with E-state index >= 15 is 0 Å². The Kier molecular flexibility index (Phi) is 5.43. The summed E-state index contributed by atoms with van der Waals surface area (Å²) in [5.74, 6) is 0.538. The van der Waals surface area contributed by atoms with Gasteiger partial charge >= 0.3 is 5.63 Å². The van der Waals surface area contributed by atoms with E-state index in [1.54, 1.807) is 0 Å². The molecule has 1 unspecified atom stereocenters. The molecular formula is C28H19IO2. The third kappa shape index (κ3) is 3.70. The predicted molar refractivity (Wildman–Crippen MR) is 134 cm³/mol. The second kappa shape index (κ2) is 8.52. The van der Waals surface area contributed by atoms with E-state index in [-0.39, 0.29) is 11.5 Å². The third-order valence-electron chi connectivity index (χ3n) is 5.55. The van der Waals surface area contributed by atoms with Crippen molar-refractivity contribution in [2.24, 2.45) is 0 Å². The van der Waals surface area contributed by atoms with Gasteiger partial charge in [0.2, 0.25) is 0 Å². The molecule has 150 valence electrons. The minimum atomic E-state index is -0.312.